The van der Waals surface area contributed by atoms with Gasteiger partial charge >= 0.3 is 0 Å². The van der Waals surface area contributed by atoms with E-state index >= 15 is 0 Å². The smallest absolute Gasteiger partial charge is 0.267 e. The molecule has 1 amide bonds. The van der Waals surface area contributed by atoms with Crippen LogP contribution in [0, 0.1) is 16.0 Å². The highest BCUT2D eigenvalue weighted by Gasteiger charge is 2.44. The minimum absolute atomic E-state index is 0.0234. The fourth-order valence-electron chi connectivity index (χ4n) is 4.84. The van der Waals surface area contributed by atoms with Crippen LogP contribution in [0.3, 0.4) is 0 Å². The van der Waals surface area contributed by atoms with Gasteiger partial charge in [-0.25, -0.2) is 5.01 Å². The van der Waals surface area contributed by atoms with Crippen LogP contribution in [0.15, 0.2) is 77.4 Å². The van der Waals surface area contributed by atoms with Gasteiger partial charge in [0, 0.05) is 27.6 Å². The number of nitro groups is 1. The van der Waals surface area contributed by atoms with E-state index in [1.165, 1.54) is 23.2 Å². The molecule has 9 heteroatoms. The minimum Gasteiger partial charge on any atom is -0.267 e. The molecule has 1 aliphatic heterocycles. The number of hydrazone groups is 1. The zero-order valence-corrected chi connectivity index (χ0v) is 21.2. The van der Waals surface area contributed by atoms with Gasteiger partial charge < -0.3 is 0 Å². The van der Waals surface area contributed by atoms with Crippen molar-refractivity contribution in [1.29, 1.82) is 0 Å². The molecule has 3 aromatic carbocycles. The molecular weight excluding hydrogens is 521 g/mol. The summed E-state index contributed by atoms with van der Waals surface area (Å²) >= 11 is 18.2. The number of nitrogens with zero attached hydrogens (tertiary/aromatic N) is 3. The van der Waals surface area contributed by atoms with Gasteiger partial charge in [-0.15, -0.1) is 0 Å². The number of carbonyl (C=O) groups excluding carboxylic acids is 1. The predicted molar refractivity (Wildman–Crippen MR) is 143 cm³/mol. The molecule has 0 saturated heterocycles. The third-order valence-corrected chi connectivity index (χ3v) is 7.35. The topological polar surface area (TPSA) is 75.8 Å². The van der Waals surface area contributed by atoms with E-state index in [-0.39, 0.29) is 28.2 Å². The van der Waals surface area contributed by atoms with Crippen LogP contribution in [0.5, 0.6) is 0 Å². The molecule has 1 heterocycles. The van der Waals surface area contributed by atoms with E-state index in [1.54, 1.807) is 12.1 Å². The lowest BCUT2D eigenvalue weighted by atomic mass is 9.77. The number of hydrogen-bond acceptors (Lipinski definition) is 4. The minimum atomic E-state index is -0.599. The van der Waals surface area contributed by atoms with E-state index in [1.807, 2.05) is 36.4 Å². The van der Waals surface area contributed by atoms with Crippen molar-refractivity contribution >= 4 is 58.2 Å². The Hall–Kier alpha value is -3.19. The molecular formula is C27H20Cl3N3O3. The number of hydrogen-bond donors (Lipinski definition) is 0. The van der Waals surface area contributed by atoms with Crippen LogP contribution in [0.2, 0.25) is 15.1 Å². The standard InChI is InChI=1S/C27H20Cl3N3O3/c28-20-9-4-16(5-10-20)14-18-2-1-3-22-25(18)31-32(26(22)17-6-11-21(29)12-7-17)27(34)19-8-13-23(30)24(15-19)33(35)36/h4-15,22,26H,1-3H2/b18-14+/t22-,26+/m1/s1. The molecule has 0 spiro atoms. The van der Waals surface area contributed by atoms with Crippen molar-refractivity contribution < 1.29 is 9.72 Å². The summed E-state index contributed by atoms with van der Waals surface area (Å²) in [7, 11) is 0. The van der Waals surface area contributed by atoms with E-state index in [9.17, 15) is 14.9 Å². The summed E-state index contributed by atoms with van der Waals surface area (Å²) < 4.78 is 0. The first-order chi connectivity index (χ1) is 17.3. The Labute approximate surface area is 222 Å². The van der Waals surface area contributed by atoms with E-state index in [0.717, 1.165) is 41.7 Å². The Morgan fingerprint density at radius 3 is 2.33 bits per heavy atom. The number of fused-ring (bicyclic) bond motifs is 1. The molecule has 1 aliphatic carbocycles. The average Bonchev–Trinajstić information content (AvgIpc) is 3.26. The van der Waals surface area contributed by atoms with Gasteiger partial charge in [-0.2, -0.15) is 5.10 Å². The second kappa shape index (κ2) is 10.1. The van der Waals surface area contributed by atoms with Gasteiger partial charge in [0.2, 0.25) is 0 Å². The van der Waals surface area contributed by atoms with Crippen LogP contribution in [0.4, 0.5) is 5.69 Å². The van der Waals surface area contributed by atoms with Crippen LogP contribution in [-0.4, -0.2) is 21.6 Å². The van der Waals surface area contributed by atoms with E-state index in [2.05, 4.69) is 6.08 Å². The number of rotatable bonds is 4. The largest absolute Gasteiger partial charge is 0.288 e. The molecule has 0 radical (unpaired) electrons. The maximum atomic E-state index is 13.7. The van der Waals surface area contributed by atoms with E-state index < -0.39 is 10.8 Å². The lowest BCUT2D eigenvalue weighted by Gasteiger charge is -2.29. The third kappa shape index (κ3) is 4.76. The van der Waals surface area contributed by atoms with Gasteiger partial charge in [-0.1, -0.05) is 59.1 Å². The highest BCUT2D eigenvalue weighted by atomic mass is 35.5. The molecule has 0 unspecified atom stereocenters. The summed E-state index contributed by atoms with van der Waals surface area (Å²) in [6.07, 6.45) is 4.72. The van der Waals surface area contributed by atoms with Crippen molar-refractivity contribution in [2.75, 3.05) is 0 Å². The highest BCUT2D eigenvalue weighted by molar-refractivity contribution is 6.32. The molecule has 1 fully saturated rings. The Morgan fingerprint density at radius 1 is 1.00 bits per heavy atom. The Kier molecular flexibility index (Phi) is 6.84. The number of benzene rings is 3. The monoisotopic (exact) mass is 539 g/mol. The first-order valence-electron chi connectivity index (χ1n) is 11.4. The van der Waals surface area contributed by atoms with Gasteiger partial charge in [0.15, 0.2) is 0 Å². The van der Waals surface area contributed by atoms with Crippen molar-refractivity contribution in [3.8, 4) is 0 Å². The molecule has 2 atom stereocenters. The fourth-order valence-corrected chi connectivity index (χ4v) is 5.28. The summed E-state index contributed by atoms with van der Waals surface area (Å²) in [5, 5.41) is 18.9. The summed E-state index contributed by atoms with van der Waals surface area (Å²) in [6, 6.07) is 18.6. The van der Waals surface area contributed by atoms with Crippen LogP contribution in [0.1, 0.15) is 46.8 Å². The van der Waals surface area contributed by atoms with E-state index in [0.29, 0.717) is 10.0 Å². The number of halogens is 3. The van der Waals surface area contributed by atoms with Gasteiger partial charge in [0.25, 0.3) is 11.6 Å². The summed E-state index contributed by atoms with van der Waals surface area (Å²) in [4.78, 5) is 24.5. The van der Waals surface area contributed by atoms with E-state index in [4.69, 9.17) is 39.9 Å². The molecule has 1 saturated carbocycles. The van der Waals surface area contributed by atoms with Crippen LogP contribution in [0.25, 0.3) is 6.08 Å². The van der Waals surface area contributed by atoms with Crippen LogP contribution >= 0.6 is 34.8 Å². The quantitative estimate of drug-likeness (QED) is 0.248. The first-order valence-corrected chi connectivity index (χ1v) is 12.5. The lowest BCUT2D eigenvalue weighted by molar-refractivity contribution is -0.384. The summed E-state index contributed by atoms with van der Waals surface area (Å²) in [5.41, 5.74) is 3.64. The molecule has 36 heavy (non-hydrogen) atoms. The van der Waals surface area contributed by atoms with Crippen LogP contribution < -0.4 is 0 Å². The van der Waals surface area contributed by atoms with Gasteiger partial charge in [0.1, 0.15) is 5.02 Å². The molecule has 182 valence electrons. The number of carbonyl (C=O) groups is 1. The van der Waals surface area contributed by atoms with Gasteiger partial charge in [-0.3, -0.25) is 14.9 Å². The highest BCUT2D eigenvalue weighted by Crippen LogP contribution is 2.45. The average molecular weight is 541 g/mol. The second-order valence-corrected chi connectivity index (χ2v) is 10.1. The number of amides is 1. The maximum Gasteiger partial charge on any atom is 0.288 e. The molecule has 2 aliphatic rings. The van der Waals surface area contributed by atoms with Crippen LogP contribution in [-0.2, 0) is 0 Å². The first kappa shape index (κ1) is 24.5. The molecule has 0 bridgehead atoms. The van der Waals surface area contributed by atoms with Gasteiger partial charge in [-0.05, 0) is 78.4 Å². The molecule has 3 aromatic rings. The molecule has 5 rings (SSSR count). The Bertz CT molecular complexity index is 1400. The molecule has 0 N–H and O–H groups in total. The zero-order valence-electron chi connectivity index (χ0n) is 18.9. The normalized spacial score (nSPS) is 20.2. The molecule has 6 nitrogen and oxygen atoms in total. The van der Waals surface area contributed by atoms with Crippen molar-refractivity contribution in [2.24, 2.45) is 11.0 Å². The second-order valence-electron chi connectivity index (χ2n) is 8.77. The van der Waals surface area contributed by atoms with Crippen molar-refractivity contribution in [3.05, 3.63) is 114 Å². The molecule has 0 aromatic heterocycles. The lowest BCUT2D eigenvalue weighted by Crippen LogP contribution is -2.32. The van der Waals surface area contributed by atoms with Crippen molar-refractivity contribution in [1.82, 2.24) is 5.01 Å². The summed E-state index contributed by atoms with van der Waals surface area (Å²) in [6.45, 7) is 0. The Morgan fingerprint density at radius 2 is 1.67 bits per heavy atom. The number of allylic oxidation sites excluding steroid dienone is 1. The Balaban J connectivity index is 1.59. The fraction of sp³-hybridized carbons (Fsp3) is 0.185. The predicted octanol–water partition coefficient (Wildman–Crippen LogP) is 7.99. The zero-order chi connectivity index (χ0) is 25.4. The van der Waals surface area contributed by atoms with Crippen molar-refractivity contribution in [3.63, 3.8) is 0 Å². The SMILES string of the molecule is O=C(c1ccc(Cl)c([N+](=O)[O-])c1)N1N=C2/C(=C/c3ccc(Cl)cc3)CCC[C@H]2[C@@H]1c1ccc(Cl)cc1. The maximum absolute atomic E-state index is 13.7. The third-order valence-electron chi connectivity index (χ3n) is 6.52. The van der Waals surface area contributed by atoms with Gasteiger partial charge in [0.05, 0.1) is 16.7 Å². The summed E-state index contributed by atoms with van der Waals surface area (Å²) in [5.74, 6) is -0.452. The van der Waals surface area contributed by atoms with Crippen molar-refractivity contribution in [2.45, 2.75) is 25.3 Å². The number of nitro benzene ring substituents is 1.